The van der Waals surface area contributed by atoms with Crippen molar-refractivity contribution in [2.24, 2.45) is 0 Å². The van der Waals surface area contributed by atoms with E-state index in [4.69, 9.17) is 0 Å². The maximum absolute atomic E-state index is 14.9. The van der Waals surface area contributed by atoms with E-state index in [9.17, 15) is 26.3 Å². The molecule has 36 heavy (non-hydrogen) atoms. The molecule has 2 heterocycles. The van der Waals surface area contributed by atoms with Gasteiger partial charge in [0.25, 0.3) is 0 Å². The van der Waals surface area contributed by atoms with Gasteiger partial charge in [0, 0.05) is 22.8 Å². The Labute approximate surface area is 200 Å². The average molecular weight is 500 g/mol. The number of para-hydroxylation sites is 1. The quantitative estimate of drug-likeness (QED) is 0.220. The van der Waals surface area contributed by atoms with Crippen LogP contribution in [0.1, 0.15) is 5.56 Å². The summed E-state index contributed by atoms with van der Waals surface area (Å²) < 4.78 is 86.6. The summed E-state index contributed by atoms with van der Waals surface area (Å²) in [5.41, 5.74) is 1.55. The summed E-state index contributed by atoms with van der Waals surface area (Å²) in [5.74, 6) is -3.04. The second-order valence-corrected chi connectivity index (χ2v) is 7.96. The number of benzene rings is 3. The fourth-order valence-corrected chi connectivity index (χ4v) is 3.90. The summed E-state index contributed by atoms with van der Waals surface area (Å²) in [6, 6.07) is 15.0. The largest absolute Gasteiger partial charge is 0.573 e. The van der Waals surface area contributed by atoms with Gasteiger partial charge in [0.15, 0.2) is 30.6 Å². The summed E-state index contributed by atoms with van der Waals surface area (Å²) in [7, 11) is 0. The molecule has 2 aromatic heterocycles. The minimum atomic E-state index is -4.91. The smallest absolute Gasteiger partial charge is 0.405 e. The second-order valence-electron chi connectivity index (χ2n) is 7.96. The zero-order chi connectivity index (χ0) is 25.4. The van der Waals surface area contributed by atoms with E-state index < -0.39 is 29.6 Å². The van der Waals surface area contributed by atoms with Crippen molar-refractivity contribution in [3.63, 3.8) is 0 Å². The predicted molar refractivity (Wildman–Crippen MR) is 119 cm³/mol. The molecule has 1 N–H and O–H groups in total. The van der Waals surface area contributed by atoms with Crippen molar-refractivity contribution in [1.82, 2.24) is 9.97 Å². The monoisotopic (exact) mass is 500 g/mol. The Kier molecular flexibility index (Phi) is 5.87. The topological polar surface area (TPSA) is 41.8 Å². The summed E-state index contributed by atoms with van der Waals surface area (Å²) in [4.78, 5) is 7.25. The average Bonchev–Trinajstić information content (AvgIpc) is 3.24. The van der Waals surface area contributed by atoms with Gasteiger partial charge in [0.1, 0.15) is 28.4 Å². The van der Waals surface area contributed by atoms with E-state index >= 15 is 0 Å². The van der Waals surface area contributed by atoms with Crippen LogP contribution in [0.2, 0.25) is 0 Å². The number of nitrogens with zero attached hydrogens (tertiary/aromatic N) is 2. The Morgan fingerprint density at radius 1 is 0.833 bits per heavy atom. The van der Waals surface area contributed by atoms with Crippen LogP contribution in [0, 0.1) is 17.5 Å². The molecule has 0 atom stereocenters. The van der Waals surface area contributed by atoms with Crippen LogP contribution in [-0.2, 0) is 6.54 Å². The van der Waals surface area contributed by atoms with Crippen LogP contribution in [0.25, 0.3) is 33.5 Å². The third-order valence-electron chi connectivity index (χ3n) is 5.49. The first kappa shape index (κ1) is 23.4. The Morgan fingerprint density at radius 3 is 2.39 bits per heavy atom. The minimum Gasteiger partial charge on any atom is -0.405 e. The van der Waals surface area contributed by atoms with Crippen LogP contribution in [0.15, 0.2) is 79.1 Å². The van der Waals surface area contributed by atoms with Gasteiger partial charge < -0.3 is 9.72 Å². The van der Waals surface area contributed by atoms with E-state index in [-0.39, 0.29) is 29.1 Å². The number of hydrogen-bond donors (Lipinski definition) is 1. The lowest BCUT2D eigenvalue weighted by molar-refractivity contribution is -0.687. The summed E-state index contributed by atoms with van der Waals surface area (Å²) in [6.07, 6.45) is -1.54. The van der Waals surface area contributed by atoms with Gasteiger partial charge in [-0.15, -0.1) is 13.2 Å². The highest BCUT2D eigenvalue weighted by molar-refractivity contribution is 5.77. The lowest BCUT2D eigenvalue weighted by Gasteiger charge is -2.14. The molecule has 0 fully saturated rings. The maximum atomic E-state index is 14.9. The van der Waals surface area contributed by atoms with Crippen LogP contribution in [0.4, 0.5) is 26.3 Å². The molecule has 0 saturated heterocycles. The summed E-state index contributed by atoms with van der Waals surface area (Å²) >= 11 is 0. The number of aromatic amines is 1. The van der Waals surface area contributed by atoms with Crippen molar-refractivity contribution in [2.75, 3.05) is 0 Å². The number of rotatable bonds is 5. The molecular formula is C26H16F6N3O+. The van der Waals surface area contributed by atoms with Crippen molar-refractivity contribution in [1.29, 1.82) is 0 Å². The molecule has 5 rings (SSSR count). The SMILES string of the molecule is Fc1cc(C[n+]2ccc3nc(-c4cccc(F)c4F)[nH]c3c2)ccc1-c1ccccc1OC(F)(F)F. The molecule has 182 valence electrons. The predicted octanol–water partition coefficient (Wildman–Crippen LogP) is 6.55. The lowest BCUT2D eigenvalue weighted by atomic mass is 10.0. The third kappa shape index (κ3) is 4.74. The molecule has 0 aliphatic carbocycles. The second kappa shape index (κ2) is 9.03. The van der Waals surface area contributed by atoms with Crippen LogP contribution in [0.5, 0.6) is 5.75 Å². The third-order valence-corrected chi connectivity index (χ3v) is 5.49. The van der Waals surface area contributed by atoms with E-state index in [0.717, 1.165) is 12.1 Å². The van der Waals surface area contributed by atoms with E-state index in [2.05, 4.69) is 14.7 Å². The number of nitrogens with one attached hydrogen (secondary N) is 1. The highest BCUT2D eigenvalue weighted by Crippen LogP contribution is 2.35. The Balaban J connectivity index is 1.42. The van der Waals surface area contributed by atoms with Crippen LogP contribution in [0.3, 0.4) is 0 Å². The number of alkyl halides is 3. The standard InChI is InChI=1S/C26H15F6N3O/c27-19-6-3-5-18(24(19)29)25-33-21-10-11-35(14-22(21)34-25)13-15-8-9-16(20(28)12-15)17-4-1-2-7-23(17)36-26(30,31)32/h1-12,14H,13H2/p+1. The van der Waals surface area contributed by atoms with Crippen LogP contribution >= 0.6 is 0 Å². The summed E-state index contributed by atoms with van der Waals surface area (Å²) in [5, 5.41) is 0. The number of aromatic nitrogens is 3. The van der Waals surface area contributed by atoms with Gasteiger partial charge in [-0.3, -0.25) is 0 Å². The fourth-order valence-electron chi connectivity index (χ4n) is 3.90. The number of H-pyrrole nitrogens is 1. The van der Waals surface area contributed by atoms with Gasteiger partial charge in [-0.1, -0.05) is 36.4 Å². The number of halogens is 6. The van der Waals surface area contributed by atoms with Gasteiger partial charge >= 0.3 is 6.36 Å². The van der Waals surface area contributed by atoms with Crippen molar-refractivity contribution in [3.8, 4) is 28.3 Å². The molecule has 5 aromatic rings. The molecule has 0 radical (unpaired) electrons. The number of imidazole rings is 1. The molecule has 0 unspecified atom stereocenters. The normalized spacial score (nSPS) is 11.7. The molecule has 0 aliphatic rings. The van der Waals surface area contributed by atoms with E-state index in [1.165, 1.54) is 42.5 Å². The number of hydrogen-bond acceptors (Lipinski definition) is 2. The first-order valence-electron chi connectivity index (χ1n) is 10.6. The van der Waals surface area contributed by atoms with Gasteiger partial charge in [-0.25, -0.2) is 18.2 Å². The number of ether oxygens (including phenoxy) is 1. The van der Waals surface area contributed by atoms with Crippen molar-refractivity contribution < 1.29 is 35.6 Å². The zero-order valence-corrected chi connectivity index (χ0v) is 18.3. The highest BCUT2D eigenvalue weighted by atomic mass is 19.4. The summed E-state index contributed by atoms with van der Waals surface area (Å²) in [6.45, 7) is 0.233. The van der Waals surface area contributed by atoms with Gasteiger partial charge in [-0.05, 0) is 24.3 Å². The van der Waals surface area contributed by atoms with E-state index in [0.29, 0.717) is 16.6 Å². The molecule has 0 spiro atoms. The first-order valence-corrected chi connectivity index (χ1v) is 10.6. The number of fused-ring (bicyclic) bond motifs is 1. The van der Waals surface area contributed by atoms with Gasteiger partial charge in [0.05, 0.1) is 5.56 Å². The van der Waals surface area contributed by atoms with Gasteiger partial charge in [0.2, 0.25) is 0 Å². The van der Waals surface area contributed by atoms with Crippen LogP contribution in [-0.4, -0.2) is 16.3 Å². The lowest BCUT2D eigenvalue weighted by Crippen LogP contribution is -2.33. The Hall–Kier alpha value is -4.34. The maximum Gasteiger partial charge on any atom is 0.573 e. The molecule has 0 bridgehead atoms. The van der Waals surface area contributed by atoms with E-state index in [1.54, 1.807) is 29.1 Å². The first-order chi connectivity index (χ1) is 17.2. The van der Waals surface area contributed by atoms with E-state index in [1.807, 2.05) is 0 Å². The molecule has 4 nitrogen and oxygen atoms in total. The zero-order valence-electron chi connectivity index (χ0n) is 18.3. The molecule has 10 heteroatoms. The Bertz CT molecular complexity index is 1580. The molecule has 0 amide bonds. The molecule has 3 aromatic carbocycles. The van der Waals surface area contributed by atoms with Crippen molar-refractivity contribution in [2.45, 2.75) is 12.9 Å². The van der Waals surface area contributed by atoms with Crippen molar-refractivity contribution >= 4 is 11.0 Å². The Morgan fingerprint density at radius 2 is 1.61 bits per heavy atom. The fraction of sp³-hybridized carbons (Fsp3) is 0.0769. The minimum absolute atomic E-state index is 0.00908. The highest BCUT2D eigenvalue weighted by Gasteiger charge is 2.32. The molecule has 0 aliphatic heterocycles. The van der Waals surface area contributed by atoms with Crippen molar-refractivity contribution in [3.05, 3.63) is 102 Å². The van der Waals surface area contributed by atoms with Gasteiger partial charge in [-0.2, -0.15) is 4.57 Å². The van der Waals surface area contributed by atoms with Crippen LogP contribution < -0.4 is 9.30 Å². The molecule has 0 saturated carbocycles. The molecular weight excluding hydrogens is 484 g/mol. The number of pyridine rings is 1.